The van der Waals surface area contributed by atoms with Crippen LogP contribution in [0.1, 0.15) is 49.7 Å². The van der Waals surface area contributed by atoms with Gasteiger partial charge in [-0.1, -0.05) is 18.2 Å². The third-order valence-electron chi connectivity index (χ3n) is 5.70. The van der Waals surface area contributed by atoms with Crippen LogP contribution in [0.25, 0.3) is 16.7 Å². The molecule has 2 amide bonds. The number of anilines is 1. The number of aromatic nitrogens is 3. The summed E-state index contributed by atoms with van der Waals surface area (Å²) in [7, 11) is 0. The molecule has 0 radical (unpaired) electrons. The Morgan fingerprint density at radius 3 is 2.77 bits per heavy atom. The van der Waals surface area contributed by atoms with Crippen LogP contribution in [0.5, 0.6) is 0 Å². The van der Waals surface area contributed by atoms with Crippen LogP contribution in [-0.4, -0.2) is 26.6 Å². The largest absolute Gasteiger partial charge is 0.365 e. The predicted molar refractivity (Wildman–Crippen MR) is 121 cm³/mol. The van der Waals surface area contributed by atoms with E-state index in [1.165, 1.54) is 17.5 Å². The van der Waals surface area contributed by atoms with Gasteiger partial charge in [0.25, 0.3) is 11.8 Å². The van der Waals surface area contributed by atoms with Crippen molar-refractivity contribution in [1.82, 2.24) is 14.8 Å². The topological polar surface area (TPSA) is 103 Å². The molecule has 0 bridgehead atoms. The molecule has 31 heavy (non-hydrogen) atoms. The average molecular weight is 432 g/mol. The van der Waals surface area contributed by atoms with Crippen molar-refractivity contribution >= 4 is 39.1 Å². The highest BCUT2D eigenvalue weighted by Gasteiger charge is 2.26. The lowest BCUT2D eigenvalue weighted by Crippen LogP contribution is -2.19. The summed E-state index contributed by atoms with van der Waals surface area (Å²) in [6.07, 6.45) is 5.39. The van der Waals surface area contributed by atoms with E-state index in [1.54, 1.807) is 4.68 Å². The molecule has 7 nitrogen and oxygen atoms in total. The van der Waals surface area contributed by atoms with Crippen LogP contribution >= 0.6 is 11.3 Å². The van der Waals surface area contributed by atoms with Crippen LogP contribution in [0.3, 0.4) is 0 Å². The molecule has 3 N–H and O–H groups in total. The number of benzene rings is 1. The van der Waals surface area contributed by atoms with Gasteiger partial charge in [-0.3, -0.25) is 9.59 Å². The Morgan fingerprint density at radius 2 is 1.94 bits per heavy atom. The Kier molecular flexibility index (Phi) is 4.78. The molecule has 0 saturated heterocycles. The SMILES string of the molecule is Cc1c(C(=O)Nc2sc3c(c2C(N)=O)CCCC3)cnn1-c1ccc2ccccc2n1. The van der Waals surface area contributed by atoms with Gasteiger partial charge in [0.1, 0.15) is 5.00 Å². The normalized spacial score (nSPS) is 13.2. The van der Waals surface area contributed by atoms with Gasteiger partial charge in [-0.05, 0) is 56.4 Å². The zero-order chi connectivity index (χ0) is 21.5. The number of amides is 2. The maximum absolute atomic E-state index is 13.0. The van der Waals surface area contributed by atoms with E-state index in [2.05, 4.69) is 15.4 Å². The summed E-state index contributed by atoms with van der Waals surface area (Å²) in [5.41, 5.74) is 9.04. The molecule has 156 valence electrons. The average Bonchev–Trinajstić information content (AvgIpc) is 3.33. The van der Waals surface area contributed by atoms with Gasteiger partial charge in [0, 0.05) is 10.3 Å². The highest BCUT2D eigenvalue weighted by molar-refractivity contribution is 7.17. The van der Waals surface area contributed by atoms with E-state index in [-0.39, 0.29) is 5.91 Å². The minimum Gasteiger partial charge on any atom is -0.365 e. The zero-order valence-electron chi connectivity index (χ0n) is 17.0. The van der Waals surface area contributed by atoms with Gasteiger partial charge in [0.2, 0.25) is 0 Å². The number of carbonyl (C=O) groups is 2. The summed E-state index contributed by atoms with van der Waals surface area (Å²) in [6.45, 7) is 1.83. The Bertz CT molecular complexity index is 1340. The van der Waals surface area contributed by atoms with E-state index in [0.717, 1.165) is 47.0 Å². The maximum atomic E-state index is 13.0. The minimum absolute atomic E-state index is 0.314. The maximum Gasteiger partial charge on any atom is 0.259 e. The summed E-state index contributed by atoms with van der Waals surface area (Å²) in [5, 5.41) is 8.85. The Hall–Kier alpha value is -3.52. The van der Waals surface area contributed by atoms with E-state index in [9.17, 15) is 9.59 Å². The highest BCUT2D eigenvalue weighted by Crippen LogP contribution is 2.38. The molecule has 5 rings (SSSR count). The quantitative estimate of drug-likeness (QED) is 0.509. The van der Waals surface area contributed by atoms with Crippen LogP contribution in [0, 0.1) is 6.92 Å². The number of fused-ring (bicyclic) bond motifs is 2. The molecule has 4 aromatic rings. The fourth-order valence-electron chi connectivity index (χ4n) is 4.12. The van der Waals surface area contributed by atoms with Crippen molar-refractivity contribution in [3.8, 4) is 5.82 Å². The number of hydrogen-bond acceptors (Lipinski definition) is 5. The van der Waals surface area contributed by atoms with Gasteiger partial charge in [0.15, 0.2) is 5.82 Å². The molecular formula is C23H21N5O2S. The minimum atomic E-state index is -0.498. The lowest BCUT2D eigenvalue weighted by molar-refractivity contribution is 0.100. The van der Waals surface area contributed by atoms with Crippen molar-refractivity contribution in [1.29, 1.82) is 0 Å². The molecule has 1 aliphatic rings. The van der Waals surface area contributed by atoms with Gasteiger partial charge >= 0.3 is 0 Å². The third kappa shape index (κ3) is 3.38. The molecule has 0 spiro atoms. The molecule has 0 unspecified atom stereocenters. The first-order valence-corrected chi connectivity index (χ1v) is 11.0. The number of primary amides is 1. The smallest absolute Gasteiger partial charge is 0.259 e. The Labute approximate surface area is 182 Å². The first-order valence-electron chi connectivity index (χ1n) is 10.2. The number of hydrogen-bond donors (Lipinski definition) is 2. The monoisotopic (exact) mass is 431 g/mol. The summed E-state index contributed by atoms with van der Waals surface area (Å²) < 4.78 is 1.65. The van der Waals surface area contributed by atoms with Gasteiger partial charge in [0.05, 0.1) is 28.5 Å². The van der Waals surface area contributed by atoms with Crippen molar-refractivity contribution in [3.05, 3.63) is 69.9 Å². The molecule has 1 aromatic carbocycles. The predicted octanol–water partition coefficient (Wildman–Crippen LogP) is 4.02. The van der Waals surface area contributed by atoms with Crippen LogP contribution < -0.4 is 11.1 Å². The lowest BCUT2D eigenvalue weighted by Gasteiger charge is -2.11. The van der Waals surface area contributed by atoms with Crippen LogP contribution in [0.2, 0.25) is 0 Å². The van der Waals surface area contributed by atoms with Crippen molar-refractivity contribution in [2.24, 2.45) is 5.73 Å². The number of rotatable bonds is 4. The number of nitrogens with one attached hydrogen (secondary N) is 1. The zero-order valence-corrected chi connectivity index (χ0v) is 17.8. The number of nitrogens with zero attached hydrogens (tertiary/aromatic N) is 3. The van der Waals surface area contributed by atoms with E-state index in [0.29, 0.717) is 27.6 Å². The van der Waals surface area contributed by atoms with Crippen LogP contribution in [0.15, 0.2) is 42.6 Å². The lowest BCUT2D eigenvalue weighted by atomic mass is 9.95. The molecule has 0 atom stereocenters. The second kappa shape index (κ2) is 7.63. The molecule has 1 aliphatic carbocycles. The summed E-state index contributed by atoms with van der Waals surface area (Å²) in [5.74, 6) is -0.173. The van der Waals surface area contributed by atoms with Crippen molar-refractivity contribution in [3.63, 3.8) is 0 Å². The van der Waals surface area contributed by atoms with Gasteiger partial charge < -0.3 is 11.1 Å². The fourth-order valence-corrected chi connectivity index (χ4v) is 5.41. The number of para-hydroxylation sites is 1. The molecular weight excluding hydrogens is 410 g/mol. The molecule has 0 aliphatic heterocycles. The number of nitrogens with two attached hydrogens (primary N) is 1. The second-order valence-corrected chi connectivity index (χ2v) is 8.76. The number of thiophene rings is 1. The first kappa shape index (κ1) is 19.4. The standard InChI is InChI=1S/C23H21N5O2S/c1-13-16(12-25-28(13)19-11-10-14-6-2-4-8-17(14)26-19)22(30)27-23-20(21(24)29)15-7-3-5-9-18(15)31-23/h2,4,6,8,10-12H,3,5,7,9H2,1H3,(H2,24,29)(H,27,30). The van der Waals surface area contributed by atoms with Gasteiger partial charge in [-0.2, -0.15) is 5.10 Å². The van der Waals surface area contributed by atoms with E-state index in [1.807, 2.05) is 43.3 Å². The number of aryl methyl sites for hydroxylation is 1. The fraction of sp³-hybridized carbons (Fsp3) is 0.217. The molecule has 8 heteroatoms. The Morgan fingerprint density at radius 1 is 1.13 bits per heavy atom. The Balaban J connectivity index is 1.47. The number of pyridine rings is 1. The first-order chi connectivity index (χ1) is 15.0. The molecule has 0 fully saturated rings. The van der Waals surface area contributed by atoms with Crippen molar-refractivity contribution in [2.75, 3.05) is 5.32 Å². The molecule has 0 saturated carbocycles. The van der Waals surface area contributed by atoms with E-state index < -0.39 is 5.91 Å². The summed E-state index contributed by atoms with van der Waals surface area (Å²) in [6, 6.07) is 11.7. The van der Waals surface area contributed by atoms with Gasteiger partial charge in [-0.25, -0.2) is 9.67 Å². The molecule has 3 aromatic heterocycles. The molecule has 3 heterocycles. The highest BCUT2D eigenvalue weighted by atomic mass is 32.1. The van der Waals surface area contributed by atoms with Crippen molar-refractivity contribution in [2.45, 2.75) is 32.6 Å². The van der Waals surface area contributed by atoms with E-state index in [4.69, 9.17) is 5.73 Å². The van der Waals surface area contributed by atoms with E-state index >= 15 is 0 Å². The summed E-state index contributed by atoms with van der Waals surface area (Å²) in [4.78, 5) is 30.9. The number of carbonyl (C=O) groups excluding carboxylic acids is 2. The van der Waals surface area contributed by atoms with Gasteiger partial charge in [-0.15, -0.1) is 11.3 Å². The second-order valence-electron chi connectivity index (χ2n) is 7.65. The van der Waals surface area contributed by atoms with Crippen LogP contribution in [0.4, 0.5) is 5.00 Å². The van der Waals surface area contributed by atoms with Crippen LogP contribution in [-0.2, 0) is 12.8 Å². The van der Waals surface area contributed by atoms with Crippen molar-refractivity contribution < 1.29 is 9.59 Å². The third-order valence-corrected chi connectivity index (χ3v) is 6.91. The summed E-state index contributed by atoms with van der Waals surface area (Å²) >= 11 is 1.45.